The summed E-state index contributed by atoms with van der Waals surface area (Å²) in [5, 5.41) is 156. The summed E-state index contributed by atoms with van der Waals surface area (Å²) < 4.78 is -0.360. The summed E-state index contributed by atoms with van der Waals surface area (Å²) in [6.45, 7) is 0. The summed E-state index contributed by atoms with van der Waals surface area (Å²) in [4.78, 5) is 13.2. The molecule has 20 heteroatoms. The molecule has 20 nitrogen and oxygen atoms in total. The second-order valence-corrected chi connectivity index (χ2v) is 9.07. The summed E-state index contributed by atoms with van der Waals surface area (Å²) in [7, 11) is 0. The first kappa shape index (κ1) is 27.9. The largest absolute Gasteiger partial charge is 0.504 e. The highest BCUT2D eigenvalue weighted by molar-refractivity contribution is 6.10. The van der Waals surface area contributed by atoms with Gasteiger partial charge < -0.3 is 81.9 Å². The van der Waals surface area contributed by atoms with E-state index in [4.69, 9.17) is 0 Å². The number of benzene rings is 1. The van der Waals surface area contributed by atoms with Crippen molar-refractivity contribution in [3.8, 4) is 23.0 Å². The van der Waals surface area contributed by atoms with Gasteiger partial charge in [0.15, 0.2) is 17.2 Å². The monoisotopic (exact) mass is 552 g/mol. The van der Waals surface area contributed by atoms with Crippen LogP contribution in [0.25, 0.3) is 10.9 Å². The molecule has 2 bridgehead atoms. The van der Waals surface area contributed by atoms with E-state index in [2.05, 4.69) is 5.10 Å². The number of amides is 1. The van der Waals surface area contributed by atoms with Crippen LogP contribution >= 0.6 is 0 Å². The van der Waals surface area contributed by atoms with Crippen LogP contribution in [0.2, 0.25) is 0 Å². The predicted molar refractivity (Wildman–Crippen MR) is 110 cm³/mol. The Labute approximate surface area is 208 Å². The van der Waals surface area contributed by atoms with Gasteiger partial charge in [-0.2, -0.15) is 9.78 Å². The van der Waals surface area contributed by atoms with Crippen LogP contribution in [0.5, 0.6) is 23.0 Å². The molecule has 2 aliphatic rings. The van der Waals surface area contributed by atoms with Crippen LogP contribution in [0.4, 0.5) is 0 Å². The van der Waals surface area contributed by atoms with Gasteiger partial charge in [-0.15, -0.1) is 0 Å². The molecule has 2 fully saturated rings. The van der Waals surface area contributed by atoms with Crippen LogP contribution in [-0.4, -0.2) is 133 Å². The van der Waals surface area contributed by atoms with Crippen molar-refractivity contribution in [2.75, 3.05) is 0 Å². The quantitative estimate of drug-likeness (QED) is 0.0951. The smallest absolute Gasteiger partial charge is 0.389 e. The molecule has 0 aliphatic carbocycles. The number of aromatic hydroxyl groups is 4. The number of nitrogens with one attached hydrogen (secondary N) is 1. The second-order valence-electron chi connectivity index (χ2n) is 9.07. The predicted octanol–water partition coefficient (Wildman–Crippen LogP) is -6.99. The minimum absolute atomic E-state index is 0.0335. The maximum atomic E-state index is 13.2. The normalized spacial score (nSPS) is 27.4. The fourth-order valence-corrected chi connectivity index (χ4v) is 5.06. The van der Waals surface area contributed by atoms with Crippen molar-refractivity contribution >= 4 is 16.8 Å². The highest BCUT2D eigenvalue weighted by atomic mass is 16.7. The zero-order chi connectivity index (χ0) is 29.0. The first-order valence-corrected chi connectivity index (χ1v) is 10.6. The summed E-state index contributed by atoms with van der Waals surface area (Å²) in [6.07, 6.45) is -8.82. The van der Waals surface area contributed by atoms with E-state index < -0.39 is 99.9 Å². The van der Waals surface area contributed by atoms with Crippen molar-refractivity contribution in [2.24, 2.45) is 0 Å². The molecule has 2 saturated heterocycles. The zero-order valence-electron chi connectivity index (χ0n) is 18.7. The van der Waals surface area contributed by atoms with Gasteiger partial charge in [0.05, 0.1) is 17.5 Å². The zero-order valence-corrected chi connectivity index (χ0v) is 18.7. The van der Waals surface area contributed by atoms with E-state index in [0.717, 1.165) is 0 Å². The van der Waals surface area contributed by atoms with Crippen molar-refractivity contribution in [1.82, 2.24) is 20.0 Å². The van der Waals surface area contributed by atoms with Crippen LogP contribution < -0.4 is 5.32 Å². The molecule has 2 aromatic rings. The number of fused-ring (bicyclic) bond motifs is 3. The number of hydrogen-bond acceptors (Lipinski definition) is 18. The minimum Gasteiger partial charge on any atom is -0.504 e. The molecule has 1 amide bonds. The summed E-state index contributed by atoms with van der Waals surface area (Å²) in [5.74, 6) is -15.6. The Kier molecular flexibility index (Phi) is 5.84. The number of carbonyl (C=O) groups is 1. The molecule has 2 aliphatic heterocycles. The fraction of sp³-hybridized carbons (Fsp3) is 0.556. The van der Waals surface area contributed by atoms with Crippen LogP contribution in [-0.2, 0) is 6.10 Å². The summed E-state index contributed by atoms with van der Waals surface area (Å²) >= 11 is 0. The van der Waals surface area contributed by atoms with E-state index in [-0.39, 0.29) is 16.0 Å². The Morgan fingerprint density at radius 1 is 0.789 bits per heavy atom. The van der Waals surface area contributed by atoms with Gasteiger partial charge in [-0.25, -0.2) is 4.90 Å². The van der Waals surface area contributed by atoms with Gasteiger partial charge in [-0.05, 0) is 19.3 Å². The van der Waals surface area contributed by atoms with E-state index in [1.54, 1.807) is 0 Å². The minimum atomic E-state index is -4.05. The van der Waals surface area contributed by atoms with Crippen LogP contribution in [0, 0.1) is 0 Å². The number of phenolic OH excluding ortho intramolecular Hbond substituents is 4. The lowest BCUT2D eigenvalue weighted by Crippen LogP contribution is -2.91. The third kappa shape index (κ3) is 3.49. The molecular formula is C18H24N4O16. The third-order valence-electron chi connectivity index (χ3n) is 6.78. The van der Waals surface area contributed by atoms with Crippen LogP contribution in [0.1, 0.15) is 29.8 Å². The highest BCUT2D eigenvalue weighted by Crippen LogP contribution is 2.51. The molecule has 1 aromatic carbocycles. The van der Waals surface area contributed by atoms with Crippen molar-refractivity contribution in [3.63, 3.8) is 0 Å². The Morgan fingerprint density at radius 2 is 1.26 bits per heavy atom. The number of aromatic nitrogens is 2. The fourth-order valence-electron chi connectivity index (χ4n) is 5.06. The Hall–Kier alpha value is -3.12. The average molecular weight is 552 g/mol. The number of rotatable bonds is 4. The third-order valence-corrected chi connectivity index (χ3v) is 6.78. The van der Waals surface area contributed by atoms with Gasteiger partial charge in [-0.1, -0.05) is 0 Å². The standard InChI is InChI=1S/C18H24N4O16/c23-9-6-7(20-22(18(36,37)38)8(6)10(24)12(26)11(9)25)13(27)19-16(32)14(28,29)4-2-1-3-5(15(16,30)31)21(4)17(33,34)35/h4-5,23-26,28-38H,1-3H2,(H,19,27). The van der Waals surface area contributed by atoms with E-state index in [1.165, 1.54) is 5.32 Å². The molecule has 2 unspecified atom stereocenters. The maximum Gasteiger partial charge on any atom is 0.389 e. The first-order valence-electron chi connectivity index (χ1n) is 10.6. The number of nitrogens with zero attached hydrogens (tertiary/aromatic N) is 3. The molecule has 3 heterocycles. The molecule has 16 N–H and O–H groups in total. The van der Waals surface area contributed by atoms with Crippen molar-refractivity contribution in [3.05, 3.63) is 5.69 Å². The maximum absolute atomic E-state index is 13.2. The molecule has 0 radical (unpaired) electrons. The molecular weight excluding hydrogens is 528 g/mol. The van der Waals surface area contributed by atoms with E-state index in [1.807, 2.05) is 0 Å². The lowest BCUT2D eigenvalue weighted by molar-refractivity contribution is -0.504. The average Bonchev–Trinajstić information content (AvgIpc) is 3.21. The Morgan fingerprint density at radius 3 is 1.71 bits per heavy atom. The van der Waals surface area contributed by atoms with Crippen molar-refractivity contribution in [2.45, 2.75) is 60.8 Å². The summed E-state index contributed by atoms with van der Waals surface area (Å²) in [6, 6.07) is -4.18. The molecule has 0 saturated carbocycles. The summed E-state index contributed by atoms with van der Waals surface area (Å²) in [5.41, 5.74) is -6.52. The van der Waals surface area contributed by atoms with Crippen LogP contribution in [0.3, 0.4) is 0 Å². The number of aliphatic hydroxyl groups is 11. The number of carbonyl (C=O) groups excluding carboxylic acids is 1. The van der Waals surface area contributed by atoms with Crippen LogP contribution in [0.15, 0.2) is 0 Å². The SMILES string of the molecule is O=C(NC1(O)C(O)(O)C2CCCC(N2C(O)(O)O)C1(O)O)c1nn(C(O)(O)O)c2c(O)c(O)c(O)c(O)c12. The lowest BCUT2D eigenvalue weighted by Gasteiger charge is -2.63. The lowest BCUT2D eigenvalue weighted by atomic mass is 9.70. The van der Waals surface area contributed by atoms with E-state index in [9.17, 15) is 81.4 Å². The molecule has 0 spiro atoms. The molecule has 212 valence electrons. The van der Waals surface area contributed by atoms with Gasteiger partial charge in [0, 0.05) is 0 Å². The Bertz CT molecular complexity index is 1280. The molecule has 1 aromatic heterocycles. The van der Waals surface area contributed by atoms with Gasteiger partial charge >= 0.3 is 12.2 Å². The topological polar surface area (TPSA) is 354 Å². The Balaban J connectivity index is 1.91. The number of piperidine rings is 2. The van der Waals surface area contributed by atoms with Crippen molar-refractivity contribution in [1.29, 1.82) is 0 Å². The number of hydrogen-bond donors (Lipinski definition) is 16. The molecule has 2 atom stereocenters. The number of phenols is 4. The van der Waals surface area contributed by atoms with Gasteiger partial charge in [0.2, 0.25) is 23.1 Å². The van der Waals surface area contributed by atoms with Gasteiger partial charge in [0.1, 0.15) is 5.52 Å². The van der Waals surface area contributed by atoms with Gasteiger partial charge in [0.25, 0.3) is 11.6 Å². The van der Waals surface area contributed by atoms with Crippen molar-refractivity contribution < 1.29 is 81.4 Å². The first-order chi connectivity index (χ1) is 17.1. The molecule has 38 heavy (non-hydrogen) atoms. The van der Waals surface area contributed by atoms with E-state index in [0.29, 0.717) is 0 Å². The second kappa shape index (κ2) is 7.95. The molecule has 4 rings (SSSR count). The van der Waals surface area contributed by atoms with Gasteiger partial charge in [-0.3, -0.25) is 4.79 Å². The van der Waals surface area contributed by atoms with E-state index >= 15 is 0 Å². The highest BCUT2D eigenvalue weighted by Gasteiger charge is 2.77.